The van der Waals surface area contributed by atoms with Gasteiger partial charge in [-0.05, 0) is 6.07 Å². The lowest BCUT2D eigenvalue weighted by Gasteiger charge is -2.04. The summed E-state index contributed by atoms with van der Waals surface area (Å²) >= 11 is 0. The van der Waals surface area contributed by atoms with Crippen LogP contribution in [0.1, 0.15) is 15.9 Å². The van der Waals surface area contributed by atoms with Crippen molar-refractivity contribution in [3.05, 3.63) is 53.7 Å². The van der Waals surface area contributed by atoms with E-state index < -0.39 is 0 Å². The molecule has 2 rings (SSSR count). The van der Waals surface area contributed by atoms with E-state index in [2.05, 4.69) is 4.98 Å². The predicted molar refractivity (Wildman–Crippen MR) is 60.2 cm³/mol. The molecular formula is C12H10N2O2. The number of pyridine rings is 1. The third-order valence-corrected chi connectivity index (χ3v) is 2.18. The van der Waals surface area contributed by atoms with E-state index in [0.717, 1.165) is 0 Å². The molecule has 0 aliphatic heterocycles. The van der Waals surface area contributed by atoms with Crippen LogP contribution in [0.2, 0.25) is 0 Å². The van der Waals surface area contributed by atoms with E-state index in [1.54, 1.807) is 24.3 Å². The summed E-state index contributed by atoms with van der Waals surface area (Å²) in [5.41, 5.74) is 6.31. The molecule has 1 heterocycles. The second-order valence-corrected chi connectivity index (χ2v) is 3.32. The molecule has 0 saturated carbocycles. The van der Waals surface area contributed by atoms with E-state index in [1.165, 1.54) is 12.3 Å². The van der Waals surface area contributed by atoms with Crippen molar-refractivity contribution >= 4 is 11.6 Å². The average molecular weight is 214 g/mol. The van der Waals surface area contributed by atoms with Gasteiger partial charge in [0, 0.05) is 5.56 Å². The number of nitrogens with zero attached hydrogens (tertiary/aromatic N) is 1. The van der Waals surface area contributed by atoms with Crippen LogP contribution < -0.4 is 5.73 Å². The molecule has 2 aromatic rings. The maximum absolute atomic E-state index is 12.0. The first-order valence-corrected chi connectivity index (χ1v) is 4.72. The van der Waals surface area contributed by atoms with Gasteiger partial charge >= 0.3 is 0 Å². The Morgan fingerprint density at radius 3 is 2.62 bits per heavy atom. The van der Waals surface area contributed by atoms with Crippen molar-refractivity contribution in [1.29, 1.82) is 0 Å². The molecule has 0 fully saturated rings. The number of aromatic hydroxyl groups is 1. The van der Waals surface area contributed by atoms with E-state index in [4.69, 9.17) is 5.73 Å². The fraction of sp³-hybridized carbons (Fsp3) is 0. The monoisotopic (exact) mass is 214 g/mol. The van der Waals surface area contributed by atoms with Gasteiger partial charge in [-0.25, -0.2) is 4.98 Å². The summed E-state index contributed by atoms with van der Waals surface area (Å²) in [4.78, 5) is 15.7. The highest BCUT2D eigenvalue weighted by molar-refractivity contribution is 6.11. The van der Waals surface area contributed by atoms with Crippen LogP contribution in [-0.2, 0) is 0 Å². The highest BCUT2D eigenvalue weighted by Crippen LogP contribution is 2.18. The quantitative estimate of drug-likeness (QED) is 0.744. The van der Waals surface area contributed by atoms with Gasteiger partial charge in [0.25, 0.3) is 0 Å². The lowest BCUT2D eigenvalue weighted by molar-refractivity contribution is 0.103. The van der Waals surface area contributed by atoms with Crippen LogP contribution in [0.15, 0.2) is 42.6 Å². The predicted octanol–water partition coefficient (Wildman–Crippen LogP) is 1.60. The molecule has 16 heavy (non-hydrogen) atoms. The van der Waals surface area contributed by atoms with Gasteiger partial charge in [0.2, 0.25) is 0 Å². The van der Waals surface area contributed by atoms with E-state index in [9.17, 15) is 9.90 Å². The molecular weight excluding hydrogens is 204 g/mol. The van der Waals surface area contributed by atoms with Gasteiger partial charge in [-0.15, -0.1) is 0 Å². The maximum atomic E-state index is 12.0. The Bertz CT molecular complexity index is 524. The van der Waals surface area contributed by atoms with Gasteiger partial charge < -0.3 is 10.8 Å². The van der Waals surface area contributed by atoms with Crippen LogP contribution in [0.4, 0.5) is 5.82 Å². The topological polar surface area (TPSA) is 76.2 Å². The van der Waals surface area contributed by atoms with Crippen molar-refractivity contribution < 1.29 is 9.90 Å². The molecule has 0 bridgehead atoms. The Kier molecular flexibility index (Phi) is 2.55. The van der Waals surface area contributed by atoms with Crippen LogP contribution in [0, 0.1) is 0 Å². The highest BCUT2D eigenvalue weighted by atomic mass is 16.3. The summed E-state index contributed by atoms with van der Waals surface area (Å²) in [5.74, 6) is -0.207. The van der Waals surface area contributed by atoms with Crippen molar-refractivity contribution in [2.45, 2.75) is 0 Å². The molecule has 0 unspecified atom stereocenters. The number of hydrogen-bond donors (Lipinski definition) is 2. The largest absolute Gasteiger partial charge is 0.506 e. The average Bonchev–Trinajstić information content (AvgIpc) is 2.32. The molecule has 0 radical (unpaired) electrons. The minimum Gasteiger partial charge on any atom is -0.506 e. The number of anilines is 1. The molecule has 0 aliphatic carbocycles. The van der Waals surface area contributed by atoms with Crippen molar-refractivity contribution in [3.8, 4) is 5.75 Å². The molecule has 0 saturated heterocycles. The van der Waals surface area contributed by atoms with Crippen molar-refractivity contribution in [1.82, 2.24) is 4.98 Å². The lowest BCUT2D eigenvalue weighted by atomic mass is 10.0. The van der Waals surface area contributed by atoms with E-state index in [1.807, 2.05) is 6.07 Å². The summed E-state index contributed by atoms with van der Waals surface area (Å²) in [6.07, 6.45) is 1.21. The number of aromatic nitrogens is 1. The van der Waals surface area contributed by atoms with Crippen molar-refractivity contribution in [2.75, 3.05) is 5.73 Å². The lowest BCUT2D eigenvalue weighted by Crippen LogP contribution is -2.06. The minimum absolute atomic E-state index is 0.0755. The number of carbonyl (C=O) groups is 1. The Hall–Kier alpha value is -2.36. The van der Waals surface area contributed by atoms with Gasteiger partial charge in [-0.3, -0.25) is 4.79 Å². The molecule has 0 atom stereocenters. The molecule has 4 nitrogen and oxygen atoms in total. The molecule has 1 aromatic carbocycles. The molecule has 4 heteroatoms. The van der Waals surface area contributed by atoms with Gasteiger partial charge in [-0.2, -0.15) is 0 Å². The SMILES string of the molecule is Nc1ncc(O)cc1C(=O)c1ccccc1. The number of ketones is 1. The standard InChI is InChI=1S/C12H10N2O2/c13-12-10(6-9(15)7-14-12)11(16)8-4-2-1-3-5-8/h1-7,15H,(H2,13,14). The Labute approximate surface area is 92.4 Å². The molecule has 0 spiro atoms. The Morgan fingerprint density at radius 2 is 1.94 bits per heavy atom. The Morgan fingerprint density at radius 1 is 1.25 bits per heavy atom. The zero-order valence-corrected chi connectivity index (χ0v) is 8.42. The second-order valence-electron chi connectivity index (χ2n) is 3.32. The second kappa shape index (κ2) is 4.02. The highest BCUT2D eigenvalue weighted by Gasteiger charge is 2.13. The Balaban J connectivity index is 2.46. The number of nitrogen functional groups attached to an aromatic ring is 1. The number of benzene rings is 1. The van der Waals surface area contributed by atoms with E-state index in [-0.39, 0.29) is 22.9 Å². The van der Waals surface area contributed by atoms with E-state index >= 15 is 0 Å². The smallest absolute Gasteiger partial charge is 0.196 e. The third-order valence-electron chi connectivity index (χ3n) is 2.18. The summed E-state index contributed by atoms with van der Waals surface area (Å²) in [7, 11) is 0. The molecule has 0 aliphatic rings. The maximum Gasteiger partial charge on any atom is 0.196 e. The summed E-state index contributed by atoms with van der Waals surface area (Å²) in [6.45, 7) is 0. The number of hydrogen-bond acceptors (Lipinski definition) is 4. The summed E-state index contributed by atoms with van der Waals surface area (Å²) < 4.78 is 0. The number of rotatable bonds is 2. The molecule has 3 N–H and O–H groups in total. The van der Waals surface area contributed by atoms with Crippen molar-refractivity contribution in [2.24, 2.45) is 0 Å². The van der Waals surface area contributed by atoms with Gasteiger partial charge in [-0.1, -0.05) is 30.3 Å². The minimum atomic E-state index is -0.249. The van der Waals surface area contributed by atoms with Gasteiger partial charge in [0.05, 0.1) is 11.8 Å². The molecule has 1 aromatic heterocycles. The summed E-state index contributed by atoms with van der Waals surface area (Å²) in [5, 5.41) is 9.26. The zero-order valence-electron chi connectivity index (χ0n) is 8.42. The first kappa shape index (κ1) is 10.2. The zero-order chi connectivity index (χ0) is 11.5. The number of nitrogens with two attached hydrogens (primary N) is 1. The molecule has 80 valence electrons. The fourth-order valence-corrected chi connectivity index (χ4v) is 1.39. The van der Waals surface area contributed by atoms with Gasteiger partial charge in [0.15, 0.2) is 5.78 Å². The van der Waals surface area contributed by atoms with Crippen LogP contribution in [0.3, 0.4) is 0 Å². The van der Waals surface area contributed by atoms with Crippen LogP contribution >= 0.6 is 0 Å². The first-order valence-electron chi connectivity index (χ1n) is 4.72. The fourth-order valence-electron chi connectivity index (χ4n) is 1.39. The van der Waals surface area contributed by atoms with Crippen molar-refractivity contribution in [3.63, 3.8) is 0 Å². The third kappa shape index (κ3) is 1.86. The number of carbonyl (C=O) groups excluding carboxylic acids is 1. The molecule has 0 amide bonds. The van der Waals surface area contributed by atoms with Crippen LogP contribution in [-0.4, -0.2) is 15.9 Å². The normalized spacial score (nSPS) is 10.0. The summed E-state index contributed by atoms with van der Waals surface area (Å²) in [6, 6.07) is 10.0. The first-order chi connectivity index (χ1) is 7.68. The van der Waals surface area contributed by atoms with Crippen LogP contribution in [0.25, 0.3) is 0 Å². The van der Waals surface area contributed by atoms with Gasteiger partial charge in [0.1, 0.15) is 11.6 Å². The van der Waals surface area contributed by atoms with Crippen LogP contribution in [0.5, 0.6) is 5.75 Å². The van der Waals surface area contributed by atoms with E-state index in [0.29, 0.717) is 5.56 Å².